The van der Waals surface area contributed by atoms with Crippen LogP contribution in [0.5, 0.6) is 0 Å². The Kier molecular flexibility index (Phi) is 5.25. The maximum Gasteiger partial charge on any atom is 0.389 e. The van der Waals surface area contributed by atoms with Crippen LogP contribution in [0, 0.1) is 10.1 Å². The molecule has 19 heavy (non-hydrogen) atoms. The lowest BCUT2D eigenvalue weighted by atomic mass is 10.2. The average Bonchev–Trinajstić information content (AvgIpc) is 2.25. The summed E-state index contributed by atoms with van der Waals surface area (Å²) in [4.78, 5) is 9.87. The van der Waals surface area contributed by atoms with E-state index in [2.05, 4.69) is 5.32 Å². The van der Waals surface area contributed by atoms with E-state index in [1.807, 2.05) is 0 Å². The average molecular weight is 317 g/mol. The van der Waals surface area contributed by atoms with E-state index in [4.69, 9.17) is 23.2 Å². The second kappa shape index (κ2) is 6.29. The van der Waals surface area contributed by atoms with E-state index in [1.54, 1.807) is 0 Å². The molecule has 0 aromatic heterocycles. The summed E-state index contributed by atoms with van der Waals surface area (Å²) in [5.74, 6) is 0. The van der Waals surface area contributed by atoms with Crippen molar-refractivity contribution in [2.45, 2.75) is 19.0 Å². The first-order valence-electron chi connectivity index (χ1n) is 5.15. The van der Waals surface area contributed by atoms with Crippen LogP contribution in [0.2, 0.25) is 10.0 Å². The number of halogens is 5. The van der Waals surface area contributed by atoms with Crippen LogP contribution in [0.15, 0.2) is 12.1 Å². The van der Waals surface area contributed by atoms with Crippen LogP contribution in [0.25, 0.3) is 0 Å². The normalized spacial score (nSPS) is 11.4. The van der Waals surface area contributed by atoms with E-state index in [0.29, 0.717) is 0 Å². The summed E-state index contributed by atoms with van der Waals surface area (Å²) in [6.07, 6.45) is -5.29. The molecule has 1 N–H and O–H groups in total. The van der Waals surface area contributed by atoms with Crippen molar-refractivity contribution >= 4 is 34.6 Å². The first kappa shape index (κ1) is 15.8. The van der Waals surface area contributed by atoms with Crippen molar-refractivity contribution in [2.24, 2.45) is 0 Å². The molecule has 0 aliphatic carbocycles. The zero-order valence-electron chi connectivity index (χ0n) is 9.43. The van der Waals surface area contributed by atoms with E-state index in [1.165, 1.54) is 0 Å². The largest absolute Gasteiger partial charge is 0.389 e. The Morgan fingerprint density at radius 2 is 1.79 bits per heavy atom. The quantitative estimate of drug-likeness (QED) is 0.488. The molecule has 0 bridgehead atoms. The number of anilines is 1. The highest BCUT2D eigenvalue weighted by molar-refractivity contribution is 6.39. The predicted molar refractivity (Wildman–Crippen MR) is 66.9 cm³/mol. The molecule has 1 aromatic rings. The zero-order valence-corrected chi connectivity index (χ0v) is 10.9. The molecule has 9 heteroatoms. The highest BCUT2D eigenvalue weighted by atomic mass is 35.5. The summed E-state index contributed by atoms with van der Waals surface area (Å²) >= 11 is 11.5. The molecule has 0 spiro atoms. The van der Waals surface area contributed by atoms with Gasteiger partial charge in [-0.3, -0.25) is 10.1 Å². The molecule has 0 atom stereocenters. The lowest BCUT2D eigenvalue weighted by Gasteiger charge is -2.11. The maximum atomic E-state index is 11.9. The fourth-order valence-corrected chi connectivity index (χ4v) is 1.95. The molecule has 0 saturated carbocycles. The number of rotatable bonds is 5. The van der Waals surface area contributed by atoms with Gasteiger partial charge in [0.2, 0.25) is 0 Å². The van der Waals surface area contributed by atoms with E-state index in [0.717, 1.165) is 12.1 Å². The Labute approximate surface area is 116 Å². The summed E-state index contributed by atoms with van der Waals surface area (Å²) < 4.78 is 35.8. The van der Waals surface area contributed by atoms with Crippen LogP contribution < -0.4 is 5.32 Å². The summed E-state index contributed by atoms with van der Waals surface area (Å²) in [6.45, 7) is 0.0107. The predicted octanol–water partition coefficient (Wildman–Crippen LogP) is 4.66. The molecule has 0 saturated heterocycles. The SMILES string of the molecule is O=[N+]([O-])c1cc(Cl)c(NCCCC(F)(F)F)c(Cl)c1. The third-order valence-corrected chi connectivity index (χ3v) is 2.77. The number of nitro benzene ring substituents is 1. The third kappa shape index (κ3) is 5.12. The Morgan fingerprint density at radius 3 is 2.21 bits per heavy atom. The molecule has 0 amide bonds. The van der Waals surface area contributed by atoms with Gasteiger partial charge in [0.1, 0.15) is 0 Å². The van der Waals surface area contributed by atoms with Gasteiger partial charge in [0, 0.05) is 25.1 Å². The van der Waals surface area contributed by atoms with Crippen LogP contribution in [-0.4, -0.2) is 17.6 Å². The lowest BCUT2D eigenvalue weighted by Crippen LogP contribution is -2.11. The minimum Gasteiger partial charge on any atom is -0.383 e. The van der Waals surface area contributed by atoms with E-state index in [9.17, 15) is 23.3 Å². The van der Waals surface area contributed by atoms with E-state index in [-0.39, 0.29) is 34.4 Å². The number of non-ortho nitro benzene ring substituents is 1. The Morgan fingerprint density at radius 1 is 1.26 bits per heavy atom. The molecular formula is C10H9Cl2F3N2O2. The summed E-state index contributed by atoms with van der Waals surface area (Å²) in [5, 5.41) is 13.1. The van der Waals surface area contributed by atoms with Crippen LogP contribution in [0.4, 0.5) is 24.5 Å². The molecule has 106 valence electrons. The minimum absolute atomic E-state index is 0.00814. The number of nitrogens with one attached hydrogen (secondary N) is 1. The van der Waals surface area contributed by atoms with Crippen molar-refractivity contribution in [3.8, 4) is 0 Å². The number of benzene rings is 1. The first-order valence-corrected chi connectivity index (χ1v) is 5.90. The summed E-state index contributed by atoms with van der Waals surface area (Å²) in [7, 11) is 0. The van der Waals surface area contributed by atoms with Gasteiger partial charge in [-0.2, -0.15) is 13.2 Å². The smallest absolute Gasteiger partial charge is 0.383 e. The van der Waals surface area contributed by atoms with Gasteiger partial charge in [0.05, 0.1) is 20.7 Å². The second-order valence-corrected chi connectivity index (χ2v) is 4.50. The molecule has 0 aliphatic heterocycles. The molecule has 1 aromatic carbocycles. The van der Waals surface area contributed by atoms with E-state index < -0.39 is 17.5 Å². The molecule has 0 radical (unpaired) electrons. The summed E-state index contributed by atoms with van der Waals surface area (Å²) in [5.41, 5.74) is -0.0908. The fourth-order valence-electron chi connectivity index (χ4n) is 1.34. The van der Waals surface area contributed by atoms with Crippen molar-refractivity contribution in [1.29, 1.82) is 0 Å². The molecule has 0 aliphatic rings. The topological polar surface area (TPSA) is 55.2 Å². The molecule has 0 fully saturated rings. The standard InChI is InChI=1S/C10H9Cl2F3N2O2/c11-7-4-6(17(18)19)5-8(12)9(7)16-3-1-2-10(13,14)15/h4-5,16H,1-3H2. The van der Waals surface area contributed by atoms with Crippen molar-refractivity contribution in [2.75, 3.05) is 11.9 Å². The van der Waals surface area contributed by atoms with Gasteiger partial charge < -0.3 is 5.32 Å². The van der Waals surface area contributed by atoms with Crippen molar-refractivity contribution in [3.05, 3.63) is 32.3 Å². The molecule has 4 nitrogen and oxygen atoms in total. The fraction of sp³-hybridized carbons (Fsp3) is 0.400. The van der Waals surface area contributed by atoms with E-state index >= 15 is 0 Å². The molecule has 0 unspecified atom stereocenters. The first-order chi connectivity index (χ1) is 8.70. The molecule has 0 heterocycles. The maximum absolute atomic E-state index is 11.9. The van der Waals surface area contributed by atoms with Crippen molar-refractivity contribution in [3.63, 3.8) is 0 Å². The third-order valence-electron chi connectivity index (χ3n) is 2.18. The Balaban J connectivity index is 2.67. The molecular weight excluding hydrogens is 308 g/mol. The number of alkyl halides is 3. The van der Waals surface area contributed by atoms with Gasteiger partial charge in [0.25, 0.3) is 5.69 Å². The van der Waals surface area contributed by atoms with Gasteiger partial charge in [-0.25, -0.2) is 0 Å². The number of nitrogens with zero attached hydrogens (tertiary/aromatic N) is 1. The summed E-state index contributed by atoms with van der Waals surface area (Å²) in [6, 6.07) is 2.17. The van der Waals surface area contributed by atoms with Gasteiger partial charge in [-0.1, -0.05) is 23.2 Å². The lowest BCUT2D eigenvalue weighted by molar-refractivity contribution is -0.384. The Hall–Kier alpha value is -1.21. The van der Waals surface area contributed by atoms with Gasteiger partial charge >= 0.3 is 6.18 Å². The van der Waals surface area contributed by atoms with Crippen LogP contribution >= 0.6 is 23.2 Å². The highest BCUT2D eigenvalue weighted by Gasteiger charge is 2.26. The van der Waals surface area contributed by atoms with Crippen LogP contribution in [0.1, 0.15) is 12.8 Å². The Bertz CT molecular complexity index is 457. The number of hydrogen-bond donors (Lipinski definition) is 1. The van der Waals surface area contributed by atoms with Crippen molar-refractivity contribution in [1.82, 2.24) is 0 Å². The second-order valence-electron chi connectivity index (χ2n) is 3.69. The van der Waals surface area contributed by atoms with Gasteiger partial charge in [-0.05, 0) is 6.42 Å². The number of nitro groups is 1. The monoisotopic (exact) mass is 316 g/mol. The van der Waals surface area contributed by atoms with Gasteiger partial charge in [-0.15, -0.1) is 0 Å². The van der Waals surface area contributed by atoms with Gasteiger partial charge in [0.15, 0.2) is 0 Å². The van der Waals surface area contributed by atoms with Crippen LogP contribution in [-0.2, 0) is 0 Å². The zero-order chi connectivity index (χ0) is 14.6. The minimum atomic E-state index is -4.22. The highest BCUT2D eigenvalue weighted by Crippen LogP contribution is 2.34. The van der Waals surface area contributed by atoms with Crippen LogP contribution in [0.3, 0.4) is 0 Å². The number of hydrogen-bond acceptors (Lipinski definition) is 3. The van der Waals surface area contributed by atoms with Crippen molar-refractivity contribution < 1.29 is 18.1 Å². The molecule has 1 rings (SSSR count).